The number of urea groups is 1. The molecule has 5 heteroatoms. The lowest BCUT2D eigenvalue weighted by molar-refractivity contribution is -0.137. The van der Waals surface area contributed by atoms with Crippen LogP contribution < -0.4 is 10.6 Å². The minimum Gasteiger partial charge on any atom is -0.481 e. The van der Waals surface area contributed by atoms with Gasteiger partial charge >= 0.3 is 12.0 Å². The smallest absolute Gasteiger partial charge is 0.319 e. The zero-order valence-electron chi connectivity index (χ0n) is 21.7. The summed E-state index contributed by atoms with van der Waals surface area (Å²) < 4.78 is 0. The molecule has 0 saturated heterocycles. The maximum atomic E-state index is 12.0. The molecule has 1 aromatic rings. The van der Waals surface area contributed by atoms with Gasteiger partial charge in [0.2, 0.25) is 0 Å². The number of carbonyl (C=O) groups excluding carboxylic acids is 1. The molecule has 0 atom stereocenters. The highest BCUT2D eigenvalue weighted by molar-refractivity contribution is 5.89. The molecule has 0 heterocycles. The first-order valence-corrected chi connectivity index (χ1v) is 14.0. The Morgan fingerprint density at radius 3 is 1.62 bits per heavy atom. The summed E-state index contributed by atoms with van der Waals surface area (Å²) in [5, 5.41) is 14.5. The summed E-state index contributed by atoms with van der Waals surface area (Å²) in [5.41, 5.74) is 1.84. The van der Waals surface area contributed by atoms with Gasteiger partial charge in [0.1, 0.15) is 0 Å². The molecule has 0 bridgehead atoms. The standard InChI is InChI=1S/C29H50N2O3/c1-2-3-4-5-6-7-8-9-10-11-12-13-14-15-16-17-25-30-29(34)31-27-23-21-26(22-24-27)19-18-20-28(32)33/h21-24H,2-20,25H2,1H3,(H,32,33)(H2,30,31,34). The van der Waals surface area contributed by atoms with Gasteiger partial charge in [0.05, 0.1) is 0 Å². The van der Waals surface area contributed by atoms with E-state index in [0.717, 1.165) is 24.1 Å². The Morgan fingerprint density at radius 1 is 0.676 bits per heavy atom. The third kappa shape index (κ3) is 18.4. The molecule has 3 N–H and O–H groups in total. The van der Waals surface area contributed by atoms with E-state index in [-0.39, 0.29) is 12.5 Å². The van der Waals surface area contributed by atoms with Gasteiger partial charge in [0.15, 0.2) is 0 Å². The first-order valence-electron chi connectivity index (χ1n) is 14.0. The lowest BCUT2D eigenvalue weighted by atomic mass is 10.0. The van der Waals surface area contributed by atoms with Crippen molar-refractivity contribution >= 4 is 17.7 Å². The maximum absolute atomic E-state index is 12.0. The molecule has 0 radical (unpaired) electrons. The van der Waals surface area contributed by atoms with E-state index in [4.69, 9.17) is 5.11 Å². The van der Waals surface area contributed by atoms with E-state index in [1.165, 1.54) is 96.3 Å². The van der Waals surface area contributed by atoms with Crippen molar-refractivity contribution in [2.45, 2.75) is 129 Å². The Hall–Kier alpha value is -2.04. The lowest BCUT2D eigenvalue weighted by Gasteiger charge is -2.08. The fraction of sp³-hybridized carbons (Fsp3) is 0.724. The molecular formula is C29H50N2O3. The van der Waals surface area contributed by atoms with Crippen LogP contribution in [0.3, 0.4) is 0 Å². The molecule has 1 rings (SSSR count). The highest BCUT2D eigenvalue weighted by atomic mass is 16.4. The summed E-state index contributed by atoms with van der Waals surface area (Å²) in [6.07, 6.45) is 23.1. The van der Waals surface area contributed by atoms with Gasteiger partial charge in [0, 0.05) is 18.7 Å². The van der Waals surface area contributed by atoms with E-state index in [9.17, 15) is 9.59 Å². The van der Waals surface area contributed by atoms with Crippen LogP contribution in [0.1, 0.15) is 128 Å². The Bertz CT molecular complexity index is 631. The zero-order valence-corrected chi connectivity index (χ0v) is 21.7. The molecule has 1 aromatic carbocycles. The maximum Gasteiger partial charge on any atom is 0.319 e. The third-order valence-electron chi connectivity index (χ3n) is 6.38. The summed E-state index contributed by atoms with van der Waals surface area (Å²) >= 11 is 0. The lowest BCUT2D eigenvalue weighted by Crippen LogP contribution is -2.29. The van der Waals surface area contributed by atoms with Crippen LogP contribution in [0.4, 0.5) is 10.5 Å². The average Bonchev–Trinajstić information content (AvgIpc) is 2.82. The van der Waals surface area contributed by atoms with Crippen LogP contribution in [-0.4, -0.2) is 23.7 Å². The minimum atomic E-state index is -0.765. The van der Waals surface area contributed by atoms with E-state index >= 15 is 0 Å². The van der Waals surface area contributed by atoms with Crippen molar-refractivity contribution in [2.24, 2.45) is 0 Å². The van der Waals surface area contributed by atoms with Crippen molar-refractivity contribution in [1.29, 1.82) is 0 Å². The molecule has 0 aliphatic carbocycles. The molecule has 5 nitrogen and oxygen atoms in total. The summed E-state index contributed by atoms with van der Waals surface area (Å²) in [6, 6.07) is 7.44. The number of amides is 2. The molecule has 2 amide bonds. The SMILES string of the molecule is CCCCCCCCCCCCCCCCCCNC(=O)Nc1ccc(CCCC(=O)O)cc1. The van der Waals surface area contributed by atoms with Gasteiger partial charge < -0.3 is 15.7 Å². The average molecular weight is 475 g/mol. The van der Waals surface area contributed by atoms with Crippen molar-refractivity contribution in [2.75, 3.05) is 11.9 Å². The molecule has 0 saturated carbocycles. The minimum absolute atomic E-state index is 0.167. The molecule has 0 fully saturated rings. The monoisotopic (exact) mass is 474 g/mol. The van der Waals surface area contributed by atoms with Crippen molar-refractivity contribution in [3.05, 3.63) is 29.8 Å². The topological polar surface area (TPSA) is 78.4 Å². The number of unbranched alkanes of at least 4 members (excludes halogenated alkanes) is 15. The summed E-state index contributed by atoms with van der Waals surface area (Å²) in [4.78, 5) is 22.6. The van der Waals surface area contributed by atoms with Crippen LogP contribution in [0.2, 0.25) is 0 Å². The van der Waals surface area contributed by atoms with Gasteiger partial charge in [-0.3, -0.25) is 4.79 Å². The molecule has 0 spiro atoms. The van der Waals surface area contributed by atoms with E-state index in [1.54, 1.807) is 0 Å². The molecular weight excluding hydrogens is 424 g/mol. The molecule has 0 aromatic heterocycles. The number of aryl methyl sites for hydroxylation is 1. The normalized spacial score (nSPS) is 10.9. The predicted octanol–water partition coefficient (Wildman–Crippen LogP) is 8.48. The number of carboxylic acids is 1. The van der Waals surface area contributed by atoms with Gasteiger partial charge in [-0.1, -0.05) is 115 Å². The van der Waals surface area contributed by atoms with Crippen LogP contribution in [0.15, 0.2) is 24.3 Å². The zero-order chi connectivity index (χ0) is 24.7. The van der Waals surface area contributed by atoms with Crippen molar-refractivity contribution in [1.82, 2.24) is 5.32 Å². The highest BCUT2D eigenvalue weighted by Gasteiger charge is 2.02. The fourth-order valence-electron chi connectivity index (χ4n) is 4.25. The summed E-state index contributed by atoms with van der Waals surface area (Å²) in [6.45, 7) is 2.98. The van der Waals surface area contributed by atoms with Gasteiger partial charge in [-0.2, -0.15) is 0 Å². The third-order valence-corrected chi connectivity index (χ3v) is 6.38. The molecule has 0 unspecified atom stereocenters. The predicted molar refractivity (Wildman–Crippen MR) is 144 cm³/mol. The molecule has 0 aliphatic heterocycles. The molecule has 0 aliphatic rings. The van der Waals surface area contributed by atoms with Crippen LogP contribution in [0.25, 0.3) is 0 Å². The number of aliphatic carboxylic acids is 1. The number of carboxylic acid groups (broad SMARTS) is 1. The number of carbonyl (C=O) groups is 2. The van der Waals surface area contributed by atoms with E-state index in [1.807, 2.05) is 24.3 Å². The van der Waals surface area contributed by atoms with E-state index in [0.29, 0.717) is 13.0 Å². The first-order chi connectivity index (χ1) is 16.6. The van der Waals surface area contributed by atoms with E-state index in [2.05, 4.69) is 17.6 Å². The highest BCUT2D eigenvalue weighted by Crippen LogP contribution is 2.14. The van der Waals surface area contributed by atoms with Gasteiger partial charge in [0.25, 0.3) is 0 Å². The van der Waals surface area contributed by atoms with Crippen LogP contribution >= 0.6 is 0 Å². The number of hydrogen-bond acceptors (Lipinski definition) is 2. The number of nitrogens with one attached hydrogen (secondary N) is 2. The Morgan fingerprint density at radius 2 is 1.15 bits per heavy atom. The summed E-state index contributed by atoms with van der Waals surface area (Å²) in [7, 11) is 0. The number of rotatable bonds is 22. The largest absolute Gasteiger partial charge is 0.481 e. The van der Waals surface area contributed by atoms with Gasteiger partial charge in [-0.05, 0) is 37.0 Å². The number of anilines is 1. The second-order valence-electron chi connectivity index (χ2n) is 9.63. The van der Waals surface area contributed by atoms with Crippen molar-refractivity contribution in [3.8, 4) is 0 Å². The van der Waals surface area contributed by atoms with Gasteiger partial charge in [-0.15, -0.1) is 0 Å². The second kappa shape index (κ2) is 21.5. The Labute approximate surface area is 208 Å². The van der Waals surface area contributed by atoms with Gasteiger partial charge in [-0.25, -0.2) is 4.79 Å². The van der Waals surface area contributed by atoms with Crippen LogP contribution in [0, 0.1) is 0 Å². The second-order valence-corrected chi connectivity index (χ2v) is 9.63. The fourth-order valence-corrected chi connectivity index (χ4v) is 4.25. The molecule has 194 valence electrons. The molecule has 34 heavy (non-hydrogen) atoms. The quantitative estimate of drug-likeness (QED) is 0.147. The Balaban J connectivity index is 1.88. The number of benzene rings is 1. The first kappa shape index (κ1) is 30.0. The van der Waals surface area contributed by atoms with Crippen molar-refractivity contribution < 1.29 is 14.7 Å². The summed E-state index contributed by atoms with van der Waals surface area (Å²) in [5.74, 6) is -0.765. The van der Waals surface area contributed by atoms with Crippen LogP contribution in [0.5, 0.6) is 0 Å². The van der Waals surface area contributed by atoms with Crippen molar-refractivity contribution in [3.63, 3.8) is 0 Å². The number of hydrogen-bond donors (Lipinski definition) is 3. The Kier molecular flexibility index (Phi) is 19.0. The van der Waals surface area contributed by atoms with Crippen LogP contribution in [-0.2, 0) is 11.2 Å². The van der Waals surface area contributed by atoms with E-state index < -0.39 is 5.97 Å².